The largest absolute Gasteiger partial charge is 0.376 e. The zero-order chi connectivity index (χ0) is 15.5. The van der Waals surface area contributed by atoms with E-state index in [1.165, 1.54) is 0 Å². The molecule has 2 fully saturated rings. The highest BCUT2D eigenvalue weighted by Gasteiger charge is 2.37. The Kier molecular flexibility index (Phi) is 4.78. The predicted octanol–water partition coefficient (Wildman–Crippen LogP) is 2.10. The molecule has 3 rings (SSSR count). The van der Waals surface area contributed by atoms with Crippen molar-refractivity contribution in [1.82, 2.24) is 5.32 Å². The van der Waals surface area contributed by atoms with Gasteiger partial charge in [-0.15, -0.1) is 0 Å². The Labute approximate surface area is 138 Å². The Bertz CT molecular complexity index is 572. The molecule has 118 valence electrons. The van der Waals surface area contributed by atoms with E-state index < -0.39 is 5.92 Å². The Balaban J connectivity index is 1.59. The quantitative estimate of drug-likeness (QED) is 0.830. The van der Waals surface area contributed by atoms with Gasteiger partial charge in [0.15, 0.2) is 0 Å². The van der Waals surface area contributed by atoms with Gasteiger partial charge in [-0.25, -0.2) is 0 Å². The van der Waals surface area contributed by atoms with E-state index in [1.54, 1.807) is 4.90 Å². The molecule has 6 heteroatoms. The van der Waals surface area contributed by atoms with Crippen molar-refractivity contribution in [2.75, 3.05) is 24.6 Å². The first-order valence-electron chi connectivity index (χ1n) is 7.61. The molecule has 0 spiro atoms. The summed E-state index contributed by atoms with van der Waals surface area (Å²) in [5.74, 6) is -0.888. The summed E-state index contributed by atoms with van der Waals surface area (Å²) in [6.45, 7) is 1.84. The van der Waals surface area contributed by atoms with Crippen LogP contribution in [0.2, 0.25) is 0 Å². The van der Waals surface area contributed by atoms with Crippen LogP contribution in [0.15, 0.2) is 28.7 Å². The van der Waals surface area contributed by atoms with Gasteiger partial charge >= 0.3 is 0 Å². The molecule has 0 bridgehead atoms. The summed E-state index contributed by atoms with van der Waals surface area (Å²) >= 11 is 3.40. The molecular weight excluding hydrogens is 348 g/mol. The number of benzene rings is 1. The molecule has 2 atom stereocenters. The fourth-order valence-electron chi connectivity index (χ4n) is 2.97. The second-order valence-electron chi connectivity index (χ2n) is 5.69. The maximum atomic E-state index is 12.5. The van der Waals surface area contributed by atoms with E-state index in [0.717, 1.165) is 29.6 Å². The number of hydrogen-bond acceptors (Lipinski definition) is 3. The number of carbonyl (C=O) groups excluding carboxylic acids is 2. The van der Waals surface area contributed by atoms with Crippen molar-refractivity contribution in [3.05, 3.63) is 28.7 Å². The van der Waals surface area contributed by atoms with Crippen LogP contribution in [0.25, 0.3) is 0 Å². The summed E-state index contributed by atoms with van der Waals surface area (Å²) in [4.78, 5) is 26.4. The van der Waals surface area contributed by atoms with Gasteiger partial charge < -0.3 is 15.0 Å². The highest BCUT2D eigenvalue weighted by Crippen LogP contribution is 2.27. The highest BCUT2D eigenvalue weighted by atomic mass is 79.9. The second kappa shape index (κ2) is 6.79. The first-order chi connectivity index (χ1) is 10.6. The molecule has 1 aromatic rings. The van der Waals surface area contributed by atoms with Crippen molar-refractivity contribution in [2.45, 2.75) is 25.4 Å². The summed E-state index contributed by atoms with van der Waals surface area (Å²) in [5.41, 5.74) is 0.828. The van der Waals surface area contributed by atoms with Crippen molar-refractivity contribution >= 4 is 33.4 Å². The van der Waals surface area contributed by atoms with Crippen molar-refractivity contribution < 1.29 is 14.3 Å². The van der Waals surface area contributed by atoms with Crippen molar-refractivity contribution in [1.29, 1.82) is 0 Å². The van der Waals surface area contributed by atoms with Crippen molar-refractivity contribution in [3.8, 4) is 0 Å². The molecule has 0 aliphatic carbocycles. The number of hydrogen-bond donors (Lipinski definition) is 1. The van der Waals surface area contributed by atoms with Crippen molar-refractivity contribution in [2.24, 2.45) is 5.92 Å². The normalized spacial score (nSPS) is 24.8. The lowest BCUT2D eigenvalue weighted by Gasteiger charge is -2.17. The number of nitrogens with zero attached hydrogens (tertiary/aromatic N) is 1. The van der Waals surface area contributed by atoms with E-state index in [0.29, 0.717) is 19.5 Å². The fraction of sp³-hybridized carbons (Fsp3) is 0.500. The van der Waals surface area contributed by atoms with Gasteiger partial charge in [-0.1, -0.05) is 22.0 Å². The average molecular weight is 367 g/mol. The molecule has 2 aliphatic heterocycles. The van der Waals surface area contributed by atoms with Crippen LogP contribution in [0.4, 0.5) is 5.69 Å². The minimum absolute atomic E-state index is 0.0987. The van der Waals surface area contributed by atoms with E-state index in [4.69, 9.17) is 4.74 Å². The van der Waals surface area contributed by atoms with E-state index >= 15 is 0 Å². The number of nitrogens with one attached hydrogen (secondary N) is 1. The molecule has 5 nitrogen and oxygen atoms in total. The number of amides is 2. The number of carbonyl (C=O) groups is 2. The third kappa shape index (κ3) is 3.33. The molecule has 2 aliphatic rings. The van der Waals surface area contributed by atoms with Crippen molar-refractivity contribution in [3.63, 3.8) is 0 Å². The number of ether oxygens (including phenoxy) is 1. The zero-order valence-electron chi connectivity index (χ0n) is 12.3. The topological polar surface area (TPSA) is 58.6 Å². The van der Waals surface area contributed by atoms with Gasteiger partial charge in [0.1, 0.15) is 5.92 Å². The molecule has 1 N–H and O–H groups in total. The third-order valence-electron chi connectivity index (χ3n) is 4.17. The minimum Gasteiger partial charge on any atom is -0.376 e. The molecular formula is C16H19BrN2O3. The summed E-state index contributed by atoms with van der Waals surface area (Å²) in [7, 11) is 0. The molecule has 0 saturated carbocycles. The van der Waals surface area contributed by atoms with Gasteiger partial charge in [-0.05, 0) is 37.5 Å². The van der Waals surface area contributed by atoms with Gasteiger partial charge in [0, 0.05) is 29.9 Å². The van der Waals surface area contributed by atoms with E-state index in [1.807, 2.05) is 24.3 Å². The van der Waals surface area contributed by atoms with Crippen LogP contribution in [0, 0.1) is 5.92 Å². The number of anilines is 1. The van der Waals surface area contributed by atoms with Crippen LogP contribution in [0.5, 0.6) is 0 Å². The Morgan fingerprint density at radius 1 is 1.41 bits per heavy atom. The second-order valence-corrected chi connectivity index (χ2v) is 6.61. The summed E-state index contributed by atoms with van der Waals surface area (Å²) in [5, 5.41) is 2.86. The Morgan fingerprint density at radius 2 is 2.27 bits per heavy atom. The smallest absolute Gasteiger partial charge is 0.239 e. The maximum absolute atomic E-state index is 12.5. The lowest BCUT2D eigenvalue weighted by Crippen LogP contribution is -2.39. The van der Waals surface area contributed by atoms with Crippen LogP contribution >= 0.6 is 15.9 Å². The Hall–Kier alpha value is -1.40. The molecule has 0 radical (unpaired) electrons. The molecule has 0 aromatic heterocycles. The lowest BCUT2D eigenvalue weighted by atomic mass is 10.1. The predicted molar refractivity (Wildman–Crippen MR) is 86.6 cm³/mol. The average Bonchev–Trinajstić information content (AvgIpc) is 3.14. The summed E-state index contributed by atoms with van der Waals surface area (Å²) in [6.07, 6.45) is 2.67. The van der Waals surface area contributed by atoms with Gasteiger partial charge in [-0.3, -0.25) is 9.59 Å². The fourth-order valence-corrected chi connectivity index (χ4v) is 3.35. The standard InChI is InChI=1S/C16H19BrN2O3/c17-11-3-1-4-12(9-11)19-7-6-14(16(19)21)15(20)18-10-13-5-2-8-22-13/h1,3-4,9,13-14H,2,5-8,10H2,(H,18,20)/t13-,14-/m0/s1. The summed E-state index contributed by atoms with van der Waals surface area (Å²) in [6, 6.07) is 7.58. The van der Waals surface area contributed by atoms with Crippen LogP contribution in [-0.4, -0.2) is 37.6 Å². The van der Waals surface area contributed by atoms with Gasteiger partial charge in [0.2, 0.25) is 11.8 Å². The van der Waals surface area contributed by atoms with Crippen LogP contribution < -0.4 is 10.2 Å². The molecule has 22 heavy (non-hydrogen) atoms. The van der Waals surface area contributed by atoms with Gasteiger partial charge in [0.05, 0.1) is 6.10 Å². The molecule has 2 heterocycles. The zero-order valence-corrected chi connectivity index (χ0v) is 13.8. The number of rotatable bonds is 4. The van der Waals surface area contributed by atoms with Gasteiger partial charge in [-0.2, -0.15) is 0 Å². The van der Waals surface area contributed by atoms with Gasteiger partial charge in [0.25, 0.3) is 0 Å². The molecule has 2 saturated heterocycles. The highest BCUT2D eigenvalue weighted by molar-refractivity contribution is 9.10. The third-order valence-corrected chi connectivity index (χ3v) is 4.66. The minimum atomic E-state index is -0.583. The monoisotopic (exact) mass is 366 g/mol. The van der Waals surface area contributed by atoms with E-state index in [2.05, 4.69) is 21.2 Å². The lowest BCUT2D eigenvalue weighted by molar-refractivity contribution is -0.132. The first-order valence-corrected chi connectivity index (χ1v) is 8.41. The SMILES string of the molecule is O=C(NC[C@@H]1CCCO1)[C@@H]1CCN(c2cccc(Br)c2)C1=O. The summed E-state index contributed by atoms with van der Waals surface area (Å²) < 4.78 is 6.40. The van der Waals surface area contributed by atoms with Crippen LogP contribution in [0.1, 0.15) is 19.3 Å². The molecule has 2 amide bonds. The Morgan fingerprint density at radius 3 is 3.00 bits per heavy atom. The molecule has 1 aromatic carbocycles. The van der Waals surface area contributed by atoms with Crippen LogP contribution in [0.3, 0.4) is 0 Å². The van der Waals surface area contributed by atoms with E-state index in [-0.39, 0.29) is 17.9 Å². The van der Waals surface area contributed by atoms with Crippen LogP contribution in [-0.2, 0) is 14.3 Å². The number of halogens is 1. The first kappa shape index (κ1) is 15.5. The van der Waals surface area contributed by atoms with E-state index in [9.17, 15) is 9.59 Å². The maximum Gasteiger partial charge on any atom is 0.239 e. The molecule has 0 unspecified atom stereocenters.